The van der Waals surface area contributed by atoms with E-state index < -0.39 is 7.92 Å². The van der Waals surface area contributed by atoms with Crippen molar-refractivity contribution in [2.24, 2.45) is 0 Å². The van der Waals surface area contributed by atoms with Crippen LogP contribution in [0.1, 0.15) is 58.3 Å². The van der Waals surface area contributed by atoms with Crippen molar-refractivity contribution in [3.8, 4) is 0 Å². The second-order valence-corrected chi connectivity index (χ2v) is 13.3. The molecule has 0 nitrogen and oxygen atoms in total. The molecule has 0 bridgehead atoms. The van der Waals surface area contributed by atoms with E-state index in [1.807, 2.05) is 0 Å². The molecule has 0 spiro atoms. The van der Waals surface area contributed by atoms with E-state index in [9.17, 15) is 0 Å². The van der Waals surface area contributed by atoms with E-state index in [0.717, 1.165) is 0 Å². The number of alkyl halides is 2. The molecule has 0 unspecified atom stereocenters. The molecule has 0 N–H and O–H groups in total. The third kappa shape index (κ3) is 11.0. The summed E-state index contributed by atoms with van der Waals surface area (Å²) in [5, 5.41) is 4.19. The van der Waals surface area contributed by atoms with Gasteiger partial charge in [0.05, 0.1) is 3.74 Å². The van der Waals surface area contributed by atoms with Crippen molar-refractivity contribution in [2.45, 2.75) is 62.0 Å². The second kappa shape index (κ2) is 16.7. The predicted molar refractivity (Wildman–Crippen MR) is 149 cm³/mol. The summed E-state index contributed by atoms with van der Waals surface area (Å²) in [6.07, 6.45) is 11.1. The molecule has 166 valence electrons. The summed E-state index contributed by atoms with van der Waals surface area (Å²) in [4.78, 5) is 0. The second-order valence-electron chi connectivity index (χ2n) is 7.64. The van der Waals surface area contributed by atoms with E-state index in [2.05, 4.69) is 130 Å². The van der Waals surface area contributed by atoms with Crippen molar-refractivity contribution >= 4 is 55.7 Å². The summed E-state index contributed by atoms with van der Waals surface area (Å²) in [5.41, 5.74) is 0. The first-order valence-corrected chi connectivity index (χ1v) is 14.6. The van der Waals surface area contributed by atoms with Gasteiger partial charge < -0.3 is 0 Å². The zero-order valence-electron chi connectivity index (χ0n) is 18.6. The first-order chi connectivity index (χ1) is 15.2. The molecule has 0 saturated heterocycles. The molecule has 0 saturated carbocycles. The highest BCUT2D eigenvalue weighted by Crippen LogP contribution is 2.32. The summed E-state index contributed by atoms with van der Waals surface area (Å²) >= 11 is 6.97. The maximum atomic E-state index is 3.49. The topological polar surface area (TPSA) is 0 Å². The van der Waals surface area contributed by atoms with Crippen molar-refractivity contribution in [1.82, 2.24) is 0 Å². The van der Waals surface area contributed by atoms with Gasteiger partial charge in [0.1, 0.15) is 0 Å². The van der Waals surface area contributed by atoms with E-state index >= 15 is 0 Å². The van der Waals surface area contributed by atoms with Crippen LogP contribution in [0.15, 0.2) is 91.0 Å². The third-order valence-corrected chi connectivity index (χ3v) is 8.43. The Bertz CT molecular complexity index is 697. The van der Waals surface area contributed by atoms with Gasteiger partial charge in [0, 0.05) is 0 Å². The van der Waals surface area contributed by atoms with Gasteiger partial charge in [-0.3, -0.25) is 0 Å². The first kappa shape index (κ1) is 26.3. The fourth-order valence-electron chi connectivity index (χ4n) is 3.43. The van der Waals surface area contributed by atoms with E-state index in [-0.39, 0.29) is 0 Å². The van der Waals surface area contributed by atoms with Crippen LogP contribution in [-0.2, 0) is 0 Å². The van der Waals surface area contributed by atoms with E-state index in [4.69, 9.17) is 0 Å². The Hall–Kier alpha value is -0.950. The maximum Gasteiger partial charge on any atom is 0.0697 e. The van der Waals surface area contributed by atoms with Gasteiger partial charge in [-0.1, -0.05) is 175 Å². The molecule has 3 aromatic carbocycles. The van der Waals surface area contributed by atoms with Gasteiger partial charge in [-0.05, 0) is 30.3 Å². The van der Waals surface area contributed by atoms with Crippen molar-refractivity contribution in [3.05, 3.63) is 91.0 Å². The van der Waals surface area contributed by atoms with Crippen molar-refractivity contribution < 1.29 is 0 Å². The lowest BCUT2D eigenvalue weighted by atomic mass is 10.1. The minimum absolute atomic E-state index is 0.446. The van der Waals surface area contributed by atoms with Crippen LogP contribution in [-0.4, -0.2) is 3.74 Å². The Morgan fingerprint density at radius 3 is 1.26 bits per heavy atom. The highest BCUT2D eigenvalue weighted by molar-refractivity contribution is 9.24. The average molecular weight is 562 g/mol. The zero-order valence-corrected chi connectivity index (χ0v) is 22.7. The standard InChI is InChI=1S/C18H15P.C10H20Br2/c1-4-10-16(11-5-1)19(17-12-6-2-7-13-17)18-14-8-3-9-15-18;1-2-3-4-5-6-7-8-9-10(11)12/h1-15H;10H,2-9H2,1H3. The number of hydrogen-bond acceptors (Lipinski definition) is 0. The van der Waals surface area contributed by atoms with Crippen LogP contribution in [0.3, 0.4) is 0 Å². The highest BCUT2D eigenvalue weighted by atomic mass is 79.9. The SMILES string of the molecule is CCCCCCCCCC(Br)Br.c1ccc(P(c2ccccc2)c2ccccc2)cc1. The Balaban J connectivity index is 0.000000248. The Labute approximate surface area is 207 Å². The number of unbranched alkanes of at least 4 members (excludes halogenated alkanes) is 6. The van der Waals surface area contributed by atoms with Crippen LogP contribution >= 0.6 is 39.8 Å². The minimum Gasteiger partial charge on any atom is -0.0765 e. The lowest BCUT2D eigenvalue weighted by molar-refractivity contribution is 0.585. The lowest BCUT2D eigenvalue weighted by Crippen LogP contribution is -2.20. The van der Waals surface area contributed by atoms with Crippen LogP contribution in [0, 0.1) is 0 Å². The number of halogens is 2. The van der Waals surface area contributed by atoms with Crippen molar-refractivity contribution in [1.29, 1.82) is 0 Å². The smallest absolute Gasteiger partial charge is 0.0697 e. The van der Waals surface area contributed by atoms with E-state index in [0.29, 0.717) is 3.74 Å². The molecule has 3 aromatic rings. The molecular weight excluding hydrogens is 527 g/mol. The van der Waals surface area contributed by atoms with Crippen LogP contribution in [0.2, 0.25) is 0 Å². The van der Waals surface area contributed by atoms with Gasteiger partial charge >= 0.3 is 0 Å². The molecule has 0 radical (unpaired) electrons. The predicted octanol–water partition coefficient (Wildman–Crippen LogP) is 8.69. The fraction of sp³-hybridized carbons (Fsp3) is 0.357. The van der Waals surface area contributed by atoms with E-state index in [1.54, 1.807) is 0 Å². The minimum atomic E-state index is -0.446. The molecular formula is C28H35Br2P. The molecule has 0 fully saturated rings. The molecule has 0 atom stereocenters. The van der Waals surface area contributed by atoms with Gasteiger partial charge in [-0.25, -0.2) is 0 Å². The lowest BCUT2D eigenvalue weighted by Gasteiger charge is -2.18. The zero-order chi connectivity index (χ0) is 22.2. The molecule has 0 amide bonds. The molecule has 0 aliphatic heterocycles. The molecule has 0 aliphatic carbocycles. The van der Waals surface area contributed by atoms with Gasteiger partial charge in [0.2, 0.25) is 0 Å². The molecule has 0 aromatic heterocycles. The van der Waals surface area contributed by atoms with Crippen LogP contribution in [0.25, 0.3) is 0 Å². The summed E-state index contributed by atoms with van der Waals surface area (Å²) in [6.45, 7) is 2.26. The summed E-state index contributed by atoms with van der Waals surface area (Å²) in [7, 11) is -0.446. The summed E-state index contributed by atoms with van der Waals surface area (Å²) in [6, 6.07) is 32.3. The van der Waals surface area contributed by atoms with Crippen molar-refractivity contribution in [3.63, 3.8) is 0 Å². The first-order valence-electron chi connectivity index (χ1n) is 11.5. The third-order valence-electron chi connectivity index (χ3n) is 5.07. The van der Waals surface area contributed by atoms with Crippen LogP contribution in [0.4, 0.5) is 0 Å². The monoisotopic (exact) mass is 560 g/mol. The van der Waals surface area contributed by atoms with Gasteiger partial charge in [0.15, 0.2) is 0 Å². The average Bonchev–Trinajstić information content (AvgIpc) is 2.81. The fourth-order valence-corrected chi connectivity index (χ4v) is 6.39. The quantitative estimate of drug-likeness (QED) is 0.125. The summed E-state index contributed by atoms with van der Waals surface area (Å²) < 4.78 is 0.528. The maximum absolute atomic E-state index is 3.49. The number of hydrogen-bond donors (Lipinski definition) is 0. The Morgan fingerprint density at radius 2 is 0.903 bits per heavy atom. The molecule has 0 aliphatic rings. The Morgan fingerprint density at radius 1 is 0.548 bits per heavy atom. The van der Waals surface area contributed by atoms with Crippen molar-refractivity contribution in [2.75, 3.05) is 0 Å². The molecule has 3 heteroatoms. The largest absolute Gasteiger partial charge is 0.0765 e. The van der Waals surface area contributed by atoms with Gasteiger partial charge in [-0.15, -0.1) is 0 Å². The molecule has 3 rings (SSSR count). The molecule has 31 heavy (non-hydrogen) atoms. The van der Waals surface area contributed by atoms with E-state index in [1.165, 1.54) is 67.3 Å². The number of rotatable bonds is 11. The van der Waals surface area contributed by atoms with Gasteiger partial charge in [0.25, 0.3) is 0 Å². The normalized spacial score (nSPS) is 10.7. The van der Waals surface area contributed by atoms with Crippen LogP contribution < -0.4 is 15.9 Å². The molecule has 0 heterocycles. The highest BCUT2D eigenvalue weighted by Gasteiger charge is 2.14. The van der Waals surface area contributed by atoms with Crippen LogP contribution in [0.5, 0.6) is 0 Å². The number of benzene rings is 3. The van der Waals surface area contributed by atoms with Gasteiger partial charge in [-0.2, -0.15) is 0 Å². The summed E-state index contributed by atoms with van der Waals surface area (Å²) in [5.74, 6) is 0. The Kier molecular flexibility index (Phi) is 14.1.